The van der Waals surface area contributed by atoms with Gasteiger partial charge < -0.3 is 21.1 Å². The highest BCUT2D eigenvalue weighted by molar-refractivity contribution is 5.82. The molecule has 0 saturated carbocycles. The van der Waals surface area contributed by atoms with Crippen LogP contribution in [-0.4, -0.2) is 34.4 Å². The monoisotopic (exact) mass is 494 g/mol. The number of phenolic OH excluding ortho intramolecular Hbond substituents is 2. The van der Waals surface area contributed by atoms with E-state index in [1.165, 1.54) is 48.5 Å². The molecule has 0 atom stereocenters. The summed E-state index contributed by atoms with van der Waals surface area (Å²) in [5, 5.41) is 25.4. The van der Waals surface area contributed by atoms with E-state index in [4.69, 9.17) is 21.1 Å². The Bertz CT molecular complexity index is 1100. The number of phenols is 2. The number of aldehydes is 1. The molecule has 0 spiro atoms. The van der Waals surface area contributed by atoms with E-state index in [2.05, 4.69) is 4.99 Å². The molecule has 0 amide bonds. The number of carbonyl (C=O) groups is 1. The Morgan fingerprint density at radius 1 is 0.722 bits per heavy atom. The molecule has 36 heavy (non-hydrogen) atoms. The molecule has 0 radical (unpaired) electrons. The van der Waals surface area contributed by atoms with E-state index in [9.17, 15) is 13.6 Å². The summed E-state index contributed by atoms with van der Waals surface area (Å²) < 4.78 is 24.6. The van der Waals surface area contributed by atoms with Crippen molar-refractivity contribution >= 4 is 23.9 Å². The van der Waals surface area contributed by atoms with Gasteiger partial charge in [0.25, 0.3) is 0 Å². The van der Waals surface area contributed by atoms with Gasteiger partial charge in [0.2, 0.25) is 0 Å². The highest BCUT2D eigenvalue weighted by Gasteiger charge is 1.91. The summed E-state index contributed by atoms with van der Waals surface area (Å²) in [4.78, 5) is 14.2. The highest BCUT2D eigenvalue weighted by atomic mass is 19.1. The Morgan fingerprint density at radius 3 is 1.50 bits per heavy atom. The number of hydrogen-bond donors (Lipinski definition) is 4. The van der Waals surface area contributed by atoms with E-state index in [0.717, 1.165) is 11.8 Å². The number of aromatic hydroxyl groups is 2. The standard InChI is InChI=1S/C13H10FNO.C7H6O2.C6H6FN.C2H6O/c14-11-3-5-12(6-4-11)15-9-10-1-7-13(16)8-2-10;8-5-6-1-3-7(9)4-2-6;7-5-1-3-6(8)4-2-5;1-2-3/h1-9,16H;1-5,9H;1-4H,8H2;3H,2H2,1H3. The minimum absolute atomic E-state index is 0.181. The van der Waals surface area contributed by atoms with Crippen molar-refractivity contribution in [3.8, 4) is 11.5 Å². The number of halogens is 2. The number of carbonyl (C=O) groups excluding carboxylic acids is 1. The summed E-state index contributed by atoms with van der Waals surface area (Å²) in [5.74, 6) is -0.123. The molecule has 0 bridgehead atoms. The molecule has 0 aliphatic heterocycles. The van der Waals surface area contributed by atoms with Crippen LogP contribution < -0.4 is 5.73 Å². The molecular weight excluding hydrogens is 466 g/mol. The van der Waals surface area contributed by atoms with Gasteiger partial charge in [-0.25, -0.2) is 8.78 Å². The van der Waals surface area contributed by atoms with Gasteiger partial charge in [-0.15, -0.1) is 0 Å². The average Bonchev–Trinajstić information content (AvgIpc) is 2.88. The van der Waals surface area contributed by atoms with Crippen LogP contribution in [0.1, 0.15) is 22.8 Å². The molecule has 188 valence electrons. The molecule has 0 aliphatic carbocycles. The summed E-state index contributed by atoms with van der Waals surface area (Å²) in [5.41, 5.74) is 7.99. The average molecular weight is 495 g/mol. The normalized spacial score (nSPS) is 9.56. The van der Waals surface area contributed by atoms with Crippen molar-refractivity contribution in [2.75, 3.05) is 12.3 Å². The first-order chi connectivity index (χ1) is 17.3. The van der Waals surface area contributed by atoms with Gasteiger partial charge in [0, 0.05) is 24.1 Å². The lowest BCUT2D eigenvalue weighted by atomic mass is 10.2. The SMILES string of the molecule is CCO.Nc1ccc(F)cc1.O=Cc1ccc(O)cc1.Oc1ccc(C=Nc2ccc(F)cc2)cc1. The number of rotatable bonds is 3. The van der Waals surface area contributed by atoms with Crippen LogP contribution in [0, 0.1) is 11.6 Å². The highest BCUT2D eigenvalue weighted by Crippen LogP contribution is 2.13. The fourth-order valence-corrected chi connectivity index (χ4v) is 2.25. The van der Waals surface area contributed by atoms with Crippen LogP contribution >= 0.6 is 0 Å². The topological polar surface area (TPSA) is 116 Å². The first-order valence-electron chi connectivity index (χ1n) is 10.7. The van der Waals surface area contributed by atoms with Gasteiger partial charge in [-0.2, -0.15) is 0 Å². The number of nitrogen functional groups attached to an aromatic ring is 1. The molecule has 6 nitrogen and oxygen atoms in total. The van der Waals surface area contributed by atoms with Crippen LogP contribution in [-0.2, 0) is 0 Å². The molecule has 8 heteroatoms. The van der Waals surface area contributed by atoms with Crippen LogP contribution in [0.15, 0.2) is 102 Å². The van der Waals surface area contributed by atoms with Crippen molar-refractivity contribution in [2.45, 2.75) is 6.92 Å². The third kappa shape index (κ3) is 13.2. The summed E-state index contributed by atoms with van der Waals surface area (Å²) in [6, 6.07) is 24.4. The van der Waals surface area contributed by atoms with Crippen LogP contribution in [0.4, 0.5) is 20.2 Å². The maximum absolute atomic E-state index is 12.6. The molecule has 0 aliphatic rings. The minimum Gasteiger partial charge on any atom is -0.508 e. The molecule has 4 rings (SSSR count). The van der Waals surface area contributed by atoms with Crippen LogP contribution in [0.2, 0.25) is 0 Å². The predicted molar refractivity (Wildman–Crippen MR) is 139 cm³/mol. The number of aliphatic hydroxyl groups is 1. The molecule has 0 saturated heterocycles. The maximum Gasteiger partial charge on any atom is 0.150 e. The first-order valence-corrected chi connectivity index (χ1v) is 10.7. The van der Waals surface area contributed by atoms with Crippen molar-refractivity contribution in [1.29, 1.82) is 0 Å². The van der Waals surface area contributed by atoms with Crippen molar-refractivity contribution in [3.05, 3.63) is 120 Å². The Hall–Kier alpha value is -4.56. The number of nitrogens with two attached hydrogens (primary N) is 1. The van der Waals surface area contributed by atoms with Gasteiger partial charge in [-0.05, 0) is 110 Å². The fourth-order valence-electron chi connectivity index (χ4n) is 2.25. The second-order valence-electron chi connectivity index (χ2n) is 6.90. The molecule has 4 aromatic rings. The molecule has 0 fully saturated rings. The summed E-state index contributed by atoms with van der Waals surface area (Å²) in [7, 11) is 0. The predicted octanol–water partition coefficient (Wildman–Crippen LogP) is 5.89. The Balaban J connectivity index is 0.000000275. The van der Waals surface area contributed by atoms with Crippen molar-refractivity contribution < 1.29 is 28.9 Å². The maximum atomic E-state index is 12.6. The summed E-state index contributed by atoms with van der Waals surface area (Å²) in [6.45, 7) is 1.93. The molecule has 0 aromatic heterocycles. The number of hydrogen-bond acceptors (Lipinski definition) is 6. The smallest absolute Gasteiger partial charge is 0.150 e. The Morgan fingerprint density at radius 2 is 1.11 bits per heavy atom. The molecule has 0 heterocycles. The minimum atomic E-state index is -0.274. The lowest BCUT2D eigenvalue weighted by Crippen LogP contribution is -1.82. The van der Waals surface area contributed by atoms with E-state index >= 15 is 0 Å². The van der Waals surface area contributed by atoms with Gasteiger partial charge in [-0.1, -0.05) is 0 Å². The number of benzene rings is 4. The van der Waals surface area contributed by atoms with Gasteiger partial charge >= 0.3 is 0 Å². The van der Waals surface area contributed by atoms with E-state index in [1.807, 2.05) is 0 Å². The second-order valence-corrected chi connectivity index (χ2v) is 6.90. The first kappa shape index (κ1) is 29.5. The number of nitrogens with zero attached hydrogens (tertiary/aromatic N) is 1. The molecular formula is C28H28F2N2O4. The van der Waals surface area contributed by atoms with E-state index in [0.29, 0.717) is 16.9 Å². The summed E-state index contributed by atoms with van der Waals surface area (Å²) in [6.07, 6.45) is 2.39. The zero-order valence-corrected chi connectivity index (χ0v) is 19.6. The van der Waals surface area contributed by atoms with E-state index in [1.54, 1.807) is 61.7 Å². The van der Waals surface area contributed by atoms with E-state index in [-0.39, 0.29) is 29.7 Å². The zero-order valence-electron chi connectivity index (χ0n) is 19.6. The Labute approximate surface area is 208 Å². The van der Waals surface area contributed by atoms with Gasteiger partial charge in [0.15, 0.2) is 0 Å². The quantitative estimate of drug-likeness (QED) is 0.161. The van der Waals surface area contributed by atoms with Crippen LogP contribution in [0.25, 0.3) is 0 Å². The van der Waals surface area contributed by atoms with Gasteiger partial charge in [-0.3, -0.25) is 9.79 Å². The number of aliphatic hydroxyl groups excluding tert-OH is 1. The van der Waals surface area contributed by atoms with Gasteiger partial charge in [0.05, 0.1) is 5.69 Å². The van der Waals surface area contributed by atoms with Crippen molar-refractivity contribution in [1.82, 2.24) is 0 Å². The van der Waals surface area contributed by atoms with Crippen LogP contribution in [0.5, 0.6) is 11.5 Å². The number of aliphatic imine (C=N–C) groups is 1. The van der Waals surface area contributed by atoms with Crippen molar-refractivity contribution in [2.24, 2.45) is 4.99 Å². The molecule has 4 aromatic carbocycles. The lowest BCUT2D eigenvalue weighted by Gasteiger charge is -1.95. The second kappa shape index (κ2) is 17.0. The van der Waals surface area contributed by atoms with Crippen molar-refractivity contribution in [3.63, 3.8) is 0 Å². The Kier molecular flexibility index (Phi) is 13.9. The largest absolute Gasteiger partial charge is 0.508 e. The molecule has 5 N–H and O–H groups in total. The third-order valence-corrected chi connectivity index (χ3v) is 3.98. The van der Waals surface area contributed by atoms with Gasteiger partial charge in [0.1, 0.15) is 29.4 Å². The third-order valence-electron chi connectivity index (χ3n) is 3.98. The summed E-state index contributed by atoms with van der Waals surface area (Å²) >= 11 is 0. The molecule has 0 unspecified atom stereocenters. The fraction of sp³-hybridized carbons (Fsp3) is 0.0714. The zero-order chi connectivity index (χ0) is 26.8. The van der Waals surface area contributed by atoms with E-state index < -0.39 is 0 Å². The number of anilines is 1. The van der Waals surface area contributed by atoms with Crippen LogP contribution in [0.3, 0.4) is 0 Å². The lowest BCUT2D eigenvalue weighted by molar-refractivity contribution is 0.112.